The van der Waals surface area contributed by atoms with Crippen LogP contribution in [0.25, 0.3) is 11.2 Å². The van der Waals surface area contributed by atoms with Crippen molar-refractivity contribution in [3.63, 3.8) is 0 Å². The smallest absolute Gasteiger partial charge is 0.303 e. The summed E-state index contributed by atoms with van der Waals surface area (Å²) in [7, 11) is -4.36. The summed E-state index contributed by atoms with van der Waals surface area (Å²) >= 11 is 0. The van der Waals surface area contributed by atoms with E-state index in [2.05, 4.69) is 82.7 Å². The summed E-state index contributed by atoms with van der Waals surface area (Å²) in [5.41, 5.74) is 6.98. The third kappa shape index (κ3) is 5.67. The van der Waals surface area contributed by atoms with Crippen molar-refractivity contribution in [3.8, 4) is 0 Å². The lowest BCUT2D eigenvalue weighted by Crippen LogP contribution is -2.51. The summed E-state index contributed by atoms with van der Waals surface area (Å²) in [6, 6.07) is 0. The van der Waals surface area contributed by atoms with Gasteiger partial charge >= 0.3 is 5.97 Å². The van der Waals surface area contributed by atoms with E-state index < -0.39 is 47.1 Å². The number of carbonyl (C=O) groups is 1. The Bertz CT molecular complexity index is 1090. The number of nitrogens with zero attached hydrogens (tertiary/aromatic N) is 4. The molecule has 0 radical (unpaired) electrons. The Balaban J connectivity index is 2.05. The lowest BCUT2D eigenvalue weighted by Gasteiger charge is -2.41. The normalized spacial score (nSPS) is 23.9. The quantitative estimate of drug-likeness (QED) is 0.397. The van der Waals surface area contributed by atoms with Crippen LogP contribution in [0.15, 0.2) is 12.7 Å². The molecule has 0 bridgehead atoms. The van der Waals surface area contributed by atoms with Crippen molar-refractivity contribution in [1.29, 1.82) is 0 Å². The van der Waals surface area contributed by atoms with E-state index in [4.69, 9.17) is 24.1 Å². The highest BCUT2D eigenvalue weighted by Gasteiger charge is 2.53. The van der Waals surface area contributed by atoms with Crippen molar-refractivity contribution in [1.82, 2.24) is 19.5 Å². The molecule has 2 N–H and O–H groups in total. The fourth-order valence-electron chi connectivity index (χ4n) is 3.61. The number of imidazole rings is 1. The van der Waals surface area contributed by atoms with E-state index in [0.717, 1.165) is 0 Å². The highest BCUT2D eigenvalue weighted by molar-refractivity contribution is 6.74. The summed E-state index contributed by atoms with van der Waals surface area (Å²) < 4.78 is 27.7. The molecule has 12 heteroatoms. The number of esters is 1. The standard InChI is InChI=1S/C24H43N5O5Si2/c1-15(30)32-19-18(34-36(10,11)24(5,6)7)16(12-31-35(8,9)23(2,3)4)33-22(19)29-14-28-17-20(25)26-13-27-21(17)29/h13-14,16,18-19,22H,12H2,1-11H3,(H2,25,26,27)/t16-,18-,19+,22-/m1/s1. The molecule has 0 unspecified atom stereocenters. The lowest BCUT2D eigenvalue weighted by molar-refractivity contribution is -0.155. The van der Waals surface area contributed by atoms with Crippen LogP contribution in [0.5, 0.6) is 0 Å². The van der Waals surface area contributed by atoms with Crippen LogP contribution in [-0.4, -0.2) is 67.0 Å². The van der Waals surface area contributed by atoms with Gasteiger partial charge in [0.15, 0.2) is 40.4 Å². The Morgan fingerprint density at radius 3 is 2.19 bits per heavy atom. The van der Waals surface area contributed by atoms with Crippen molar-refractivity contribution >= 4 is 39.6 Å². The molecular formula is C24H43N5O5Si2. The second-order valence-electron chi connectivity index (χ2n) is 12.6. The van der Waals surface area contributed by atoms with Crippen molar-refractivity contribution in [3.05, 3.63) is 12.7 Å². The van der Waals surface area contributed by atoms with E-state index >= 15 is 0 Å². The molecule has 3 rings (SSSR count). The fourth-order valence-corrected chi connectivity index (χ4v) is 5.94. The molecule has 10 nitrogen and oxygen atoms in total. The summed E-state index contributed by atoms with van der Waals surface area (Å²) in [6.07, 6.45) is 0.555. The Kier molecular flexibility index (Phi) is 7.80. The van der Waals surface area contributed by atoms with Gasteiger partial charge in [0, 0.05) is 6.92 Å². The average molecular weight is 538 g/mol. The molecule has 0 saturated carbocycles. The molecule has 36 heavy (non-hydrogen) atoms. The minimum atomic E-state index is -2.28. The molecule has 1 aliphatic heterocycles. The van der Waals surface area contributed by atoms with Crippen molar-refractivity contribution in [2.24, 2.45) is 0 Å². The molecule has 0 amide bonds. The number of nitrogens with two attached hydrogens (primary N) is 1. The highest BCUT2D eigenvalue weighted by atomic mass is 28.4. The Morgan fingerprint density at radius 1 is 1.03 bits per heavy atom. The average Bonchev–Trinajstić information content (AvgIpc) is 3.27. The number of anilines is 1. The van der Waals surface area contributed by atoms with Crippen molar-refractivity contribution in [2.75, 3.05) is 12.3 Å². The Morgan fingerprint density at radius 2 is 1.64 bits per heavy atom. The van der Waals surface area contributed by atoms with E-state index in [0.29, 0.717) is 17.8 Å². The largest absolute Gasteiger partial charge is 0.455 e. The highest BCUT2D eigenvalue weighted by Crippen LogP contribution is 2.44. The minimum absolute atomic E-state index is 0.0328. The van der Waals surface area contributed by atoms with Crippen LogP contribution in [0.3, 0.4) is 0 Å². The number of aromatic nitrogens is 4. The maximum atomic E-state index is 12.3. The second-order valence-corrected chi connectivity index (χ2v) is 22.2. The number of hydrogen-bond donors (Lipinski definition) is 1. The van der Waals surface area contributed by atoms with Gasteiger partial charge in [-0.1, -0.05) is 41.5 Å². The zero-order valence-electron chi connectivity index (χ0n) is 23.6. The Labute approximate surface area is 216 Å². The number of rotatable bonds is 7. The first kappa shape index (κ1) is 28.7. The van der Waals surface area contributed by atoms with Gasteiger partial charge in [0.1, 0.15) is 24.1 Å². The molecule has 1 aliphatic rings. The van der Waals surface area contributed by atoms with E-state index in [1.54, 1.807) is 10.9 Å². The van der Waals surface area contributed by atoms with Gasteiger partial charge in [-0.25, -0.2) is 15.0 Å². The molecular weight excluding hydrogens is 494 g/mol. The molecule has 1 saturated heterocycles. The molecule has 0 spiro atoms. The van der Waals surface area contributed by atoms with Gasteiger partial charge in [0.05, 0.1) is 12.9 Å². The molecule has 1 fully saturated rings. The van der Waals surface area contributed by atoms with Gasteiger partial charge < -0.3 is 24.1 Å². The van der Waals surface area contributed by atoms with Crippen LogP contribution in [0.1, 0.15) is 54.7 Å². The topological polar surface area (TPSA) is 124 Å². The van der Waals surface area contributed by atoms with Crippen LogP contribution < -0.4 is 5.73 Å². The maximum absolute atomic E-state index is 12.3. The first-order valence-corrected chi connectivity index (χ1v) is 18.2. The number of fused-ring (bicyclic) bond motifs is 1. The van der Waals surface area contributed by atoms with Crippen LogP contribution in [-0.2, 0) is 23.1 Å². The minimum Gasteiger partial charge on any atom is -0.455 e. The number of hydrogen-bond acceptors (Lipinski definition) is 9. The van der Waals surface area contributed by atoms with Crippen molar-refractivity contribution < 1.29 is 23.1 Å². The second kappa shape index (κ2) is 9.78. The molecule has 2 aromatic rings. The maximum Gasteiger partial charge on any atom is 0.303 e. The van der Waals surface area contributed by atoms with Crippen LogP contribution in [0.2, 0.25) is 36.3 Å². The molecule has 0 aromatic carbocycles. The molecule has 0 aliphatic carbocycles. The van der Waals surface area contributed by atoms with E-state index in [1.807, 2.05) is 0 Å². The summed E-state index contributed by atoms with van der Waals surface area (Å²) in [4.78, 5) is 25.1. The zero-order chi connectivity index (χ0) is 27.3. The SMILES string of the molecule is CC(=O)O[C@H]1[C@H](O[Si](C)(C)C(C)(C)C)[C@@H](CO[Si](C)(C)C(C)(C)C)O[C@H]1n1cnc2c(N)ncnc21. The van der Waals surface area contributed by atoms with E-state index in [1.165, 1.54) is 13.3 Å². The predicted molar refractivity (Wildman–Crippen MR) is 144 cm³/mol. The van der Waals surface area contributed by atoms with Gasteiger partial charge in [0.25, 0.3) is 0 Å². The monoisotopic (exact) mass is 537 g/mol. The summed E-state index contributed by atoms with van der Waals surface area (Å²) in [6.45, 7) is 23.6. The van der Waals surface area contributed by atoms with E-state index in [-0.39, 0.29) is 15.9 Å². The molecule has 4 atom stereocenters. The zero-order valence-corrected chi connectivity index (χ0v) is 25.6. The molecule has 202 valence electrons. The number of ether oxygens (including phenoxy) is 2. The lowest BCUT2D eigenvalue weighted by atomic mass is 10.1. The van der Waals surface area contributed by atoms with Gasteiger partial charge in [0.2, 0.25) is 0 Å². The summed E-state index contributed by atoms with van der Waals surface area (Å²) in [5, 5.41) is -0.0227. The fraction of sp³-hybridized carbons (Fsp3) is 0.750. The third-order valence-electron chi connectivity index (χ3n) is 7.90. The van der Waals surface area contributed by atoms with Gasteiger partial charge in [-0.05, 0) is 36.3 Å². The van der Waals surface area contributed by atoms with Crippen LogP contribution >= 0.6 is 0 Å². The summed E-state index contributed by atoms with van der Waals surface area (Å²) in [5.74, 6) is -0.144. The third-order valence-corrected chi connectivity index (χ3v) is 16.9. The number of carbonyl (C=O) groups excluding carboxylic acids is 1. The first-order valence-electron chi connectivity index (χ1n) is 12.4. The number of nitrogen functional groups attached to an aromatic ring is 1. The van der Waals surface area contributed by atoms with Gasteiger partial charge in [-0.15, -0.1) is 0 Å². The van der Waals surface area contributed by atoms with Gasteiger partial charge in [-0.3, -0.25) is 9.36 Å². The van der Waals surface area contributed by atoms with Crippen LogP contribution in [0.4, 0.5) is 5.82 Å². The van der Waals surface area contributed by atoms with E-state index in [9.17, 15) is 4.79 Å². The first-order chi connectivity index (χ1) is 16.4. The van der Waals surface area contributed by atoms with Crippen molar-refractivity contribution in [2.45, 2.75) is 109 Å². The predicted octanol–water partition coefficient (Wildman–Crippen LogP) is 4.65. The molecule has 2 aromatic heterocycles. The van der Waals surface area contributed by atoms with Gasteiger partial charge in [-0.2, -0.15) is 0 Å². The Hall–Kier alpha value is -1.87. The molecule has 3 heterocycles. The van der Waals surface area contributed by atoms with Crippen LogP contribution in [0, 0.1) is 0 Å².